The fourth-order valence-electron chi connectivity index (χ4n) is 2.57. The van der Waals surface area contributed by atoms with Gasteiger partial charge in [0.05, 0.1) is 6.10 Å². The minimum absolute atomic E-state index is 0.0204. The van der Waals surface area contributed by atoms with Crippen molar-refractivity contribution in [3.8, 4) is 17.2 Å². The number of fused-ring (bicyclic) bond motifs is 1. The van der Waals surface area contributed by atoms with E-state index >= 15 is 0 Å². The Morgan fingerprint density at radius 3 is 2.60 bits per heavy atom. The standard InChI is InChI=1S/C14H16O6/c15-9-3-1-2-4-10(9)20-11-6-13-12(18-7-19-13)5-8(11)14(16)17/h5-6,9-10,15H,1-4,7H2,(H,16,17). The average Bonchev–Trinajstić information content (AvgIpc) is 2.87. The first-order chi connectivity index (χ1) is 9.65. The van der Waals surface area contributed by atoms with Crippen molar-refractivity contribution in [1.82, 2.24) is 0 Å². The molecule has 0 saturated heterocycles. The lowest BCUT2D eigenvalue weighted by molar-refractivity contribution is 0.00598. The largest absolute Gasteiger partial charge is 0.487 e. The van der Waals surface area contributed by atoms with E-state index in [-0.39, 0.29) is 24.2 Å². The number of carboxylic acid groups (broad SMARTS) is 1. The van der Waals surface area contributed by atoms with Gasteiger partial charge in [0.2, 0.25) is 6.79 Å². The maximum absolute atomic E-state index is 11.3. The van der Waals surface area contributed by atoms with Crippen LogP contribution in [0, 0.1) is 0 Å². The lowest BCUT2D eigenvalue weighted by atomic mass is 9.95. The summed E-state index contributed by atoms with van der Waals surface area (Å²) < 4.78 is 16.1. The van der Waals surface area contributed by atoms with Crippen LogP contribution in [0.5, 0.6) is 17.2 Å². The zero-order chi connectivity index (χ0) is 14.1. The van der Waals surface area contributed by atoms with Crippen LogP contribution in [-0.4, -0.2) is 35.2 Å². The smallest absolute Gasteiger partial charge is 0.339 e. The first-order valence-electron chi connectivity index (χ1n) is 6.67. The third kappa shape index (κ3) is 2.38. The van der Waals surface area contributed by atoms with Crippen LogP contribution < -0.4 is 14.2 Å². The molecule has 0 amide bonds. The topological polar surface area (TPSA) is 85.2 Å². The molecule has 0 radical (unpaired) electrons. The molecule has 6 nitrogen and oxygen atoms in total. The van der Waals surface area contributed by atoms with E-state index in [2.05, 4.69) is 0 Å². The van der Waals surface area contributed by atoms with Gasteiger partial charge in [-0.1, -0.05) is 6.42 Å². The van der Waals surface area contributed by atoms with Crippen LogP contribution >= 0.6 is 0 Å². The molecule has 1 aromatic rings. The van der Waals surface area contributed by atoms with E-state index in [4.69, 9.17) is 14.2 Å². The Morgan fingerprint density at radius 1 is 1.20 bits per heavy atom. The van der Waals surface area contributed by atoms with Gasteiger partial charge in [0.1, 0.15) is 17.4 Å². The fraction of sp³-hybridized carbons (Fsp3) is 0.500. The lowest BCUT2D eigenvalue weighted by Gasteiger charge is -2.28. The van der Waals surface area contributed by atoms with Gasteiger partial charge in [-0.3, -0.25) is 0 Å². The van der Waals surface area contributed by atoms with Gasteiger partial charge in [0.15, 0.2) is 11.5 Å². The van der Waals surface area contributed by atoms with Crippen LogP contribution in [0.2, 0.25) is 0 Å². The van der Waals surface area contributed by atoms with Crippen LogP contribution in [0.1, 0.15) is 36.0 Å². The van der Waals surface area contributed by atoms with Crippen LogP contribution in [0.3, 0.4) is 0 Å². The van der Waals surface area contributed by atoms with Crippen molar-refractivity contribution in [2.75, 3.05) is 6.79 Å². The van der Waals surface area contributed by atoms with E-state index < -0.39 is 12.1 Å². The molecule has 108 valence electrons. The summed E-state index contributed by atoms with van der Waals surface area (Å²) in [5, 5.41) is 19.2. The Morgan fingerprint density at radius 2 is 1.90 bits per heavy atom. The van der Waals surface area contributed by atoms with Gasteiger partial charge < -0.3 is 24.4 Å². The van der Waals surface area contributed by atoms with Crippen molar-refractivity contribution in [1.29, 1.82) is 0 Å². The minimum Gasteiger partial charge on any atom is -0.487 e. The number of hydrogen-bond donors (Lipinski definition) is 2. The summed E-state index contributed by atoms with van der Waals surface area (Å²) >= 11 is 0. The molecule has 3 rings (SSSR count). The van der Waals surface area contributed by atoms with E-state index in [9.17, 15) is 15.0 Å². The Kier molecular flexibility index (Phi) is 3.40. The second-order valence-corrected chi connectivity index (χ2v) is 5.01. The quantitative estimate of drug-likeness (QED) is 0.878. The molecule has 1 aromatic carbocycles. The molecular formula is C14H16O6. The number of benzene rings is 1. The number of aromatic carboxylic acids is 1. The molecule has 2 N–H and O–H groups in total. The molecule has 1 aliphatic heterocycles. The molecular weight excluding hydrogens is 264 g/mol. The number of ether oxygens (including phenoxy) is 3. The first-order valence-corrected chi connectivity index (χ1v) is 6.67. The van der Waals surface area contributed by atoms with Crippen LogP contribution in [-0.2, 0) is 0 Å². The molecule has 0 spiro atoms. The second-order valence-electron chi connectivity index (χ2n) is 5.01. The van der Waals surface area contributed by atoms with Crippen LogP contribution in [0.4, 0.5) is 0 Å². The zero-order valence-electron chi connectivity index (χ0n) is 10.9. The molecule has 2 atom stereocenters. The molecule has 1 aliphatic carbocycles. The van der Waals surface area contributed by atoms with Crippen LogP contribution in [0.25, 0.3) is 0 Å². The Balaban J connectivity index is 1.89. The summed E-state index contributed by atoms with van der Waals surface area (Å²) in [4.78, 5) is 11.3. The van der Waals surface area contributed by atoms with Gasteiger partial charge >= 0.3 is 5.97 Å². The third-order valence-corrected chi connectivity index (χ3v) is 3.65. The van der Waals surface area contributed by atoms with Gasteiger partial charge in [-0.2, -0.15) is 0 Å². The van der Waals surface area contributed by atoms with Crippen LogP contribution in [0.15, 0.2) is 12.1 Å². The zero-order valence-corrected chi connectivity index (χ0v) is 10.9. The Bertz CT molecular complexity index is 527. The maximum Gasteiger partial charge on any atom is 0.339 e. The minimum atomic E-state index is -1.09. The molecule has 2 aliphatic rings. The van der Waals surface area contributed by atoms with Crippen molar-refractivity contribution in [2.24, 2.45) is 0 Å². The highest BCUT2D eigenvalue weighted by Crippen LogP contribution is 2.39. The number of carboxylic acids is 1. The first kappa shape index (κ1) is 13.1. The highest BCUT2D eigenvalue weighted by Gasteiger charge is 2.28. The maximum atomic E-state index is 11.3. The number of aliphatic hydroxyl groups is 1. The molecule has 0 bridgehead atoms. The second kappa shape index (κ2) is 5.20. The molecule has 1 fully saturated rings. The summed E-state index contributed by atoms with van der Waals surface area (Å²) in [5.74, 6) is -0.00876. The Labute approximate surface area is 115 Å². The highest BCUT2D eigenvalue weighted by atomic mass is 16.7. The number of carbonyl (C=O) groups is 1. The fourth-order valence-corrected chi connectivity index (χ4v) is 2.57. The summed E-state index contributed by atoms with van der Waals surface area (Å²) in [6.45, 7) is 0.0733. The summed E-state index contributed by atoms with van der Waals surface area (Å²) in [6.07, 6.45) is 2.40. The third-order valence-electron chi connectivity index (χ3n) is 3.65. The van der Waals surface area contributed by atoms with Gasteiger partial charge in [-0.15, -0.1) is 0 Å². The Hall–Kier alpha value is -1.95. The van der Waals surface area contributed by atoms with Crippen molar-refractivity contribution < 1.29 is 29.2 Å². The molecule has 6 heteroatoms. The monoisotopic (exact) mass is 280 g/mol. The predicted octanol–water partition coefficient (Wildman–Crippen LogP) is 1.80. The van der Waals surface area contributed by atoms with Gasteiger partial charge in [-0.25, -0.2) is 4.79 Å². The van der Waals surface area contributed by atoms with E-state index in [0.717, 1.165) is 12.8 Å². The lowest BCUT2D eigenvalue weighted by Crippen LogP contribution is -2.35. The average molecular weight is 280 g/mol. The summed E-state index contributed by atoms with van der Waals surface area (Å²) in [5.41, 5.74) is 0.0204. The van der Waals surface area contributed by atoms with Crippen molar-refractivity contribution in [2.45, 2.75) is 37.9 Å². The van der Waals surface area contributed by atoms with Gasteiger partial charge in [-0.05, 0) is 19.3 Å². The summed E-state index contributed by atoms with van der Waals surface area (Å²) in [7, 11) is 0. The van der Waals surface area contributed by atoms with E-state index in [1.165, 1.54) is 12.1 Å². The van der Waals surface area contributed by atoms with Crippen molar-refractivity contribution >= 4 is 5.97 Å². The molecule has 1 heterocycles. The molecule has 0 aromatic heterocycles. The van der Waals surface area contributed by atoms with Crippen molar-refractivity contribution in [3.05, 3.63) is 17.7 Å². The number of aliphatic hydroxyl groups excluding tert-OH is 1. The van der Waals surface area contributed by atoms with Gasteiger partial charge in [0, 0.05) is 12.1 Å². The molecule has 20 heavy (non-hydrogen) atoms. The number of hydrogen-bond acceptors (Lipinski definition) is 5. The molecule has 2 unspecified atom stereocenters. The predicted molar refractivity (Wildman–Crippen MR) is 68.4 cm³/mol. The van der Waals surface area contributed by atoms with E-state index in [1.807, 2.05) is 0 Å². The normalized spacial score (nSPS) is 24.4. The van der Waals surface area contributed by atoms with E-state index in [0.29, 0.717) is 24.3 Å². The number of rotatable bonds is 3. The highest BCUT2D eigenvalue weighted by molar-refractivity contribution is 5.92. The molecule has 1 saturated carbocycles. The van der Waals surface area contributed by atoms with Gasteiger partial charge in [0.25, 0.3) is 0 Å². The van der Waals surface area contributed by atoms with Crippen molar-refractivity contribution in [3.63, 3.8) is 0 Å². The van der Waals surface area contributed by atoms with E-state index in [1.54, 1.807) is 0 Å². The summed E-state index contributed by atoms with van der Waals surface area (Å²) in [6, 6.07) is 2.92. The SMILES string of the molecule is O=C(O)c1cc2c(cc1OC1CCCCC1O)OCO2.